The fraction of sp³-hybridized carbons (Fsp3) is 0.769. The predicted molar refractivity (Wildman–Crippen MR) is 73.4 cm³/mol. The van der Waals surface area contributed by atoms with Crippen LogP contribution in [0.2, 0.25) is 0 Å². The van der Waals surface area contributed by atoms with Crippen LogP contribution >= 0.6 is 0 Å². The Bertz CT molecular complexity index is 402. The highest BCUT2D eigenvalue weighted by Gasteiger charge is 2.16. The molecular formula is C13H21N5O. The molecule has 1 aliphatic heterocycles. The average molecular weight is 263 g/mol. The summed E-state index contributed by atoms with van der Waals surface area (Å²) in [6.07, 6.45) is 8.11. The molecule has 19 heavy (non-hydrogen) atoms. The SMILES string of the molecule is c1nnc(NC2CCCCC2)nc1N1CCOCC1. The van der Waals surface area contributed by atoms with Crippen molar-refractivity contribution in [2.24, 2.45) is 0 Å². The van der Waals surface area contributed by atoms with E-state index in [0.29, 0.717) is 12.0 Å². The molecule has 0 amide bonds. The molecule has 1 aliphatic carbocycles. The minimum Gasteiger partial charge on any atom is -0.378 e. The second kappa shape index (κ2) is 6.14. The third-order valence-electron chi connectivity index (χ3n) is 3.82. The van der Waals surface area contributed by atoms with Crippen molar-refractivity contribution in [2.45, 2.75) is 38.1 Å². The maximum Gasteiger partial charge on any atom is 0.244 e. The summed E-state index contributed by atoms with van der Waals surface area (Å²) in [5.74, 6) is 1.56. The summed E-state index contributed by atoms with van der Waals surface area (Å²) >= 11 is 0. The number of hydrogen-bond acceptors (Lipinski definition) is 6. The van der Waals surface area contributed by atoms with Gasteiger partial charge in [-0.25, -0.2) is 0 Å². The Morgan fingerprint density at radius 2 is 1.95 bits per heavy atom. The molecule has 2 heterocycles. The van der Waals surface area contributed by atoms with Gasteiger partial charge >= 0.3 is 0 Å². The number of rotatable bonds is 3. The summed E-state index contributed by atoms with van der Waals surface area (Å²) in [5.41, 5.74) is 0. The third kappa shape index (κ3) is 3.32. The Hall–Kier alpha value is -1.43. The van der Waals surface area contributed by atoms with Crippen LogP contribution in [0.5, 0.6) is 0 Å². The number of nitrogens with zero attached hydrogens (tertiary/aromatic N) is 4. The second-order valence-electron chi connectivity index (χ2n) is 5.22. The summed E-state index contributed by atoms with van der Waals surface area (Å²) in [5, 5.41) is 11.6. The van der Waals surface area contributed by atoms with E-state index in [1.807, 2.05) is 0 Å². The molecule has 0 atom stereocenters. The van der Waals surface area contributed by atoms with E-state index in [2.05, 4.69) is 25.4 Å². The van der Waals surface area contributed by atoms with Gasteiger partial charge < -0.3 is 15.0 Å². The van der Waals surface area contributed by atoms with Gasteiger partial charge in [-0.1, -0.05) is 19.3 Å². The highest BCUT2D eigenvalue weighted by Crippen LogP contribution is 2.20. The number of aromatic nitrogens is 3. The highest BCUT2D eigenvalue weighted by atomic mass is 16.5. The van der Waals surface area contributed by atoms with Gasteiger partial charge in [-0.2, -0.15) is 10.1 Å². The molecule has 1 N–H and O–H groups in total. The largest absolute Gasteiger partial charge is 0.378 e. The van der Waals surface area contributed by atoms with Crippen LogP contribution in [0.15, 0.2) is 6.20 Å². The van der Waals surface area contributed by atoms with E-state index in [1.54, 1.807) is 6.20 Å². The first-order valence-corrected chi connectivity index (χ1v) is 7.21. The first-order chi connectivity index (χ1) is 9.42. The van der Waals surface area contributed by atoms with Crippen molar-refractivity contribution in [3.8, 4) is 0 Å². The summed E-state index contributed by atoms with van der Waals surface area (Å²) in [6, 6.07) is 0.510. The van der Waals surface area contributed by atoms with E-state index < -0.39 is 0 Å². The Labute approximate surface area is 113 Å². The van der Waals surface area contributed by atoms with Crippen LogP contribution in [0.1, 0.15) is 32.1 Å². The summed E-state index contributed by atoms with van der Waals surface area (Å²) in [4.78, 5) is 6.77. The van der Waals surface area contributed by atoms with Crippen LogP contribution in [0.25, 0.3) is 0 Å². The first-order valence-electron chi connectivity index (χ1n) is 7.21. The maximum absolute atomic E-state index is 5.35. The molecule has 6 nitrogen and oxygen atoms in total. The van der Waals surface area contributed by atoms with Gasteiger partial charge in [0.15, 0.2) is 5.82 Å². The molecule has 2 aliphatic rings. The maximum atomic E-state index is 5.35. The van der Waals surface area contributed by atoms with Crippen molar-refractivity contribution in [1.29, 1.82) is 0 Å². The lowest BCUT2D eigenvalue weighted by atomic mass is 9.96. The van der Waals surface area contributed by atoms with Crippen LogP contribution in [0.4, 0.5) is 11.8 Å². The lowest BCUT2D eigenvalue weighted by Gasteiger charge is -2.28. The number of anilines is 2. The van der Waals surface area contributed by atoms with Crippen molar-refractivity contribution in [3.63, 3.8) is 0 Å². The monoisotopic (exact) mass is 263 g/mol. The van der Waals surface area contributed by atoms with Crippen molar-refractivity contribution in [2.75, 3.05) is 36.5 Å². The van der Waals surface area contributed by atoms with Crippen molar-refractivity contribution in [1.82, 2.24) is 15.2 Å². The highest BCUT2D eigenvalue weighted by molar-refractivity contribution is 5.40. The number of nitrogens with one attached hydrogen (secondary N) is 1. The molecule has 1 aromatic rings. The fourth-order valence-corrected chi connectivity index (χ4v) is 2.73. The molecule has 1 saturated heterocycles. The topological polar surface area (TPSA) is 63.2 Å². The van der Waals surface area contributed by atoms with Crippen molar-refractivity contribution < 1.29 is 4.74 Å². The van der Waals surface area contributed by atoms with E-state index in [-0.39, 0.29) is 0 Å². The molecule has 0 spiro atoms. The fourth-order valence-electron chi connectivity index (χ4n) is 2.73. The van der Waals surface area contributed by atoms with Crippen LogP contribution in [0, 0.1) is 0 Å². The molecule has 0 bridgehead atoms. The predicted octanol–water partition coefficient (Wildman–Crippen LogP) is 1.45. The molecule has 0 radical (unpaired) electrons. The summed E-state index contributed by atoms with van der Waals surface area (Å²) in [6.45, 7) is 3.27. The van der Waals surface area contributed by atoms with Gasteiger partial charge in [0.1, 0.15) is 0 Å². The van der Waals surface area contributed by atoms with E-state index in [9.17, 15) is 0 Å². The lowest BCUT2D eigenvalue weighted by molar-refractivity contribution is 0.122. The Morgan fingerprint density at radius 3 is 2.74 bits per heavy atom. The van der Waals surface area contributed by atoms with Crippen molar-refractivity contribution in [3.05, 3.63) is 6.20 Å². The van der Waals surface area contributed by atoms with Crippen LogP contribution in [-0.4, -0.2) is 47.5 Å². The zero-order valence-corrected chi connectivity index (χ0v) is 11.2. The molecule has 0 aromatic carbocycles. The molecule has 2 fully saturated rings. The molecule has 6 heteroatoms. The smallest absolute Gasteiger partial charge is 0.244 e. The van der Waals surface area contributed by atoms with Gasteiger partial charge in [-0.15, -0.1) is 5.10 Å². The zero-order chi connectivity index (χ0) is 12.9. The van der Waals surface area contributed by atoms with Gasteiger partial charge in [0, 0.05) is 19.1 Å². The van der Waals surface area contributed by atoms with E-state index in [1.165, 1.54) is 32.1 Å². The van der Waals surface area contributed by atoms with Gasteiger partial charge in [0.2, 0.25) is 5.95 Å². The van der Waals surface area contributed by atoms with E-state index in [4.69, 9.17) is 4.74 Å². The Balaban J connectivity index is 1.64. The minimum atomic E-state index is 0.510. The molecule has 1 aromatic heterocycles. The standard InChI is InChI=1S/C13H21N5O/c1-2-4-11(5-3-1)15-13-16-12(10-14-17-13)18-6-8-19-9-7-18/h10-11H,1-9H2,(H,15,16,17). The summed E-state index contributed by atoms with van der Waals surface area (Å²) < 4.78 is 5.35. The third-order valence-corrected chi connectivity index (χ3v) is 3.82. The summed E-state index contributed by atoms with van der Waals surface area (Å²) in [7, 11) is 0. The average Bonchev–Trinajstić information content (AvgIpc) is 2.49. The van der Waals surface area contributed by atoms with Gasteiger partial charge in [-0.3, -0.25) is 0 Å². The molecule has 0 unspecified atom stereocenters. The molecule has 104 valence electrons. The van der Waals surface area contributed by atoms with Gasteiger partial charge in [0.05, 0.1) is 19.4 Å². The number of ether oxygens (including phenoxy) is 1. The minimum absolute atomic E-state index is 0.510. The van der Waals surface area contributed by atoms with Crippen LogP contribution in [-0.2, 0) is 4.74 Å². The van der Waals surface area contributed by atoms with Crippen molar-refractivity contribution >= 4 is 11.8 Å². The van der Waals surface area contributed by atoms with E-state index >= 15 is 0 Å². The normalized spacial score (nSPS) is 21.4. The van der Waals surface area contributed by atoms with Gasteiger partial charge in [-0.05, 0) is 12.8 Å². The number of hydrogen-bond donors (Lipinski definition) is 1. The first kappa shape index (κ1) is 12.6. The lowest BCUT2D eigenvalue weighted by Crippen LogP contribution is -2.37. The number of morpholine rings is 1. The Morgan fingerprint density at radius 1 is 1.16 bits per heavy atom. The Kier molecular flexibility index (Phi) is 4.07. The van der Waals surface area contributed by atoms with Crippen LogP contribution < -0.4 is 10.2 Å². The molecular weight excluding hydrogens is 242 g/mol. The molecule has 1 saturated carbocycles. The second-order valence-corrected chi connectivity index (χ2v) is 5.22. The van der Waals surface area contributed by atoms with Crippen LogP contribution in [0.3, 0.4) is 0 Å². The quantitative estimate of drug-likeness (QED) is 0.890. The molecule has 3 rings (SSSR count). The zero-order valence-electron chi connectivity index (χ0n) is 11.2. The van der Waals surface area contributed by atoms with E-state index in [0.717, 1.165) is 32.1 Å². The van der Waals surface area contributed by atoms with Gasteiger partial charge in [0.25, 0.3) is 0 Å².